The fourth-order valence-electron chi connectivity index (χ4n) is 2.50. The summed E-state index contributed by atoms with van der Waals surface area (Å²) < 4.78 is 0. The number of hydrogen-bond donors (Lipinski definition) is 2. The topological polar surface area (TPSA) is 80.9 Å². The predicted molar refractivity (Wildman–Crippen MR) is 103 cm³/mol. The number of halogens is 2. The highest BCUT2D eigenvalue weighted by molar-refractivity contribution is 7.99. The molecular weight excluding hydrogens is 379 g/mol. The average Bonchev–Trinajstić information content (AvgIpc) is 3.43. The van der Waals surface area contributed by atoms with E-state index >= 15 is 0 Å². The number of nitrogens with two attached hydrogens (primary N) is 1. The lowest BCUT2D eigenvalue weighted by molar-refractivity contribution is 0.0891. The van der Waals surface area contributed by atoms with Crippen LogP contribution in [0.25, 0.3) is 0 Å². The van der Waals surface area contributed by atoms with Crippen molar-refractivity contribution in [3.63, 3.8) is 0 Å². The minimum absolute atomic E-state index is 0. The Morgan fingerprint density at radius 1 is 1.32 bits per heavy atom. The van der Waals surface area contributed by atoms with Gasteiger partial charge in [0.05, 0.1) is 10.6 Å². The summed E-state index contributed by atoms with van der Waals surface area (Å²) in [4.78, 5) is 13.3. The van der Waals surface area contributed by atoms with Crippen LogP contribution < -0.4 is 11.1 Å². The number of benzene rings is 1. The molecule has 3 rings (SSSR count). The first-order valence-electron chi connectivity index (χ1n) is 7.80. The minimum Gasteiger partial charge on any atom is -0.344 e. The van der Waals surface area contributed by atoms with Gasteiger partial charge in [-0.3, -0.25) is 4.79 Å². The van der Waals surface area contributed by atoms with Crippen LogP contribution in [0, 0.1) is 5.92 Å². The zero-order chi connectivity index (χ0) is 17.2. The van der Waals surface area contributed by atoms with E-state index in [9.17, 15) is 4.79 Å². The first-order valence-corrected chi connectivity index (χ1v) is 9.00. The second-order valence-electron chi connectivity index (χ2n) is 6.14. The Kier molecular flexibility index (Phi) is 6.68. The predicted octanol–water partition coefficient (Wildman–Crippen LogP) is 3.56. The van der Waals surface area contributed by atoms with Crippen LogP contribution in [-0.2, 0) is 0 Å². The van der Waals surface area contributed by atoms with Gasteiger partial charge >= 0.3 is 0 Å². The van der Waals surface area contributed by atoms with E-state index in [1.165, 1.54) is 11.8 Å². The van der Waals surface area contributed by atoms with Crippen LogP contribution in [0.15, 0.2) is 46.3 Å². The van der Waals surface area contributed by atoms with Gasteiger partial charge in [0.1, 0.15) is 5.03 Å². The zero-order valence-corrected chi connectivity index (χ0v) is 16.1. The molecule has 25 heavy (non-hydrogen) atoms. The highest BCUT2D eigenvalue weighted by Crippen LogP contribution is 2.39. The van der Waals surface area contributed by atoms with E-state index in [2.05, 4.69) is 15.5 Å². The molecule has 1 aliphatic carbocycles. The van der Waals surface area contributed by atoms with Crippen molar-refractivity contribution in [2.24, 2.45) is 11.7 Å². The van der Waals surface area contributed by atoms with E-state index in [4.69, 9.17) is 17.3 Å². The molecule has 0 aliphatic heterocycles. The summed E-state index contributed by atoms with van der Waals surface area (Å²) in [5.41, 5.74) is 5.75. The second-order valence-corrected chi connectivity index (χ2v) is 7.61. The van der Waals surface area contributed by atoms with Crippen LogP contribution in [0.2, 0.25) is 5.02 Å². The third-order valence-corrected chi connectivity index (χ3v) is 5.67. The summed E-state index contributed by atoms with van der Waals surface area (Å²) in [7, 11) is 0. The van der Waals surface area contributed by atoms with Crippen molar-refractivity contribution in [3.8, 4) is 0 Å². The largest absolute Gasteiger partial charge is 0.344 e. The SMILES string of the molecule is CC(CN)(NC(=O)c1ccc(Sc2ccccc2Cl)nn1)C1CC1.Cl. The Labute approximate surface area is 162 Å². The molecule has 5 nitrogen and oxygen atoms in total. The maximum atomic E-state index is 12.4. The van der Waals surface area contributed by atoms with Gasteiger partial charge in [-0.2, -0.15) is 0 Å². The fraction of sp³-hybridized carbons (Fsp3) is 0.353. The third-order valence-electron chi connectivity index (χ3n) is 4.23. The number of amides is 1. The molecule has 1 heterocycles. The van der Waals surface area contributed by atoms with Crippen molar-refractivity contribution in [1.82, 2.24) is 15.5 Å². The minimum atomic E-state index is -0.371. The van der Waals surface area contributed by atoms with Gasteiger partial charge in [-0.1, -0.05) is 35.5 Å². The molecule has 1 unspecified atom stereocenters. The lowest BCUT2D eigenvalue weighted by atomic mass is 9.96. The molecule has 1 amide bonds. The fourth-order valence-corrected chi connectivity index (χ4v) is 3.51. The Bertz CT molecular complexity index is 740. The Morgan fingerprint density at radius 3 is 2.60 bits per heavy atom. The maximum absolute atomic E-state index is 12.4. The molecule has 0 saturated heterocycles. The molecule has 2 aromatic rings. The smallest absolute Gasteiger partial charge is 0.272 e. The van der Waals surface area contributed by atoms with Crippen LogP contribution in [0.4, 0.5) is 0 Å². The van der Waals surface area contributed by atoms with Gasteiger partial charge in [-0.15, -0.1) is 22.6 Å². The average molecular weight is 399 g/mol. The quantitative estimate of drug-likeness (QED) is 0.776. The maximum Gasteiger partial charge on any atom is 0.272 e. The van der Waals surface area contributed by atoms with Crippen molar-refractivity contribution in [1.29, 1.82) is 0 Å². The van der Waals surface area contributed by atoms with Crippen molar-refractivity contribution < 1.29 is 4.79 Å². The zero-order valence-electron chi connectivity index (χ0n) is 13.7. The molecule has 1 aromatic heterocycles. The number of aromatic nitrogens is 2. The molecule has 1 atom stereocenters. The van der Waals surface area contributed by atoms with Crippen molar-refractivity contribution in [2.75, 3.05) is 6.54 Å². The molecule has 1 saturated carbocycles. The van der Waals surface area contributed by atoms with E-state index in [0.717, 1.165) is 17.7 Å². The van der Waals surface area contributed by atoms with Crippen LogP contribution in [-0.4, -0.2) is 28.2 Å². The molecule has 0 spiro atoms. The van der Waals surface area contributed by atoms with Gasteiger partial charge < -0.3 is 11.1 Å². The molecule has 0 bridgehead atoms. The normalized spacial score (nSPS) is 15.8. The summed E-state index contributed by atoms with van der Waals surface area (Å²) in [6.45, 7) is 2.40. The first-order chi connectivity index (χ1) is 11.5. The van der Waals surface area contributed by atoms with E-state index in [-0.39, 0.29) is 23.9 Å². The van der Waals surface area contributed by atoms with E-state index in [0.29, 0.717) is 28.2 Å². The molecule has 134 valence electrons. The van der Waals surface area contributed by atoms with E-state index in [1.54, 1.807) is 12.1 Å². The number of carbonyl (C=O) groups excluding carboxylic acids is 1. The highest BCUT2D eigenvalue weighted by atomic mass is 35.5. The first kappa shape index (κ1) is 20.0. The summed E-state index contributed by atoms with van der Waals surface area (Å²) in [5.74, 6) is 0.214. The van der Waals surface area contributed by atoms with Gasteiger partial charge in [0.15, 0.2) is 5.69 Å². The summed E-state index contributed by atoms with van der Waals surface area (Å²) in [6.07, 6.45) is 2.21. The summed E-state index contributed by atoms with van der Waals surface area (Å²) in [6, 6.07) is 11.0. The molecule has 1 aliphatic rings. The number of nitrogens with one attached hydrogen (secondary N) is 1. The summed E-state index contributed by atoms with van der Waals surface area (Å²) >= 11 is 7.54. The Morgan fingerprint density at radius 2 is 2.04 bits per heavy atom. The van der Waals surface area contributed by atoms with Crippen LogP contribution >= 0.6 is 35.8 Å². The van der Waals surface area contributed by atoms with Gasteiger partial charge in [0.2, 0.25) is 0 Å². The number of rotatable bonds is 6. The second kappa shape index (κ2) is 8.36. The van der Waals surface area contributed by atoms with Gasteiger partial charge in [0.25, 0.3) is 5.91 Å². The lowest BCUT2D eigenvalue weighted by Crippen LogP contribution is -2.53. The van der Waals surface area contributed by atoms with Crippen molar-refractivity contribution in [3.05, 3.63) is 47.1 Å². The summed E-state index contributed by atoms with van der Waals surface area (Å²) in [5, 5.41) is 12.5. The van der Waals surface area contributed by atoms with Crippen LogP contribution in [0.5, 0.6) is 0 Å². The van der Waals surface area contributed by atoms with Crippen LogP contribution in [0.1, 0.15) is 30.3 Å². The monoisotopic (exact) mass is 398 g/mol. The van der Waals surface area contributed by atoms with Gasteiger partial charge in [0, 0.05) is 11.4 Å². The van der Waals surface area contributed by atoms with Gasteiger partial charge in [-0.25, -0.2) is 0 Å². The number of nitrogens with zero attached hydrogens (tertiary/aromatic N) is 2. The molecule has 3 N–H and O–H groups in total. The van der Waals surface area contributed by atoms with Crippen molar-refractivity contribution in [2.45, 2.75) is 35.2 Å². The molecule has 1 fully saturated rings. The molecule has 1 aromatic carbocycles. The van der Waals surface area contributed by atoms with Crippen LogP contribution in [0.3, 0.4) is 0 Å². The number of carbonyl (C=O) groups is 1. The van der Waals surface area contributed by atoms with E-state index in [1.807, 2.05) is 31.2 Å². The third kappa shape index (κ3) is 4.85. The van der Waals surface area contributed by atoms with E-state index < -0.39 is 0 Å². The number of hydrogen-bond acceptors (Lipinski definition) is 5. The van der Waals surface area contributed by atoms with Gasteiger partial charge in [-0.05, 0) is 49.9 Å². The highest BCUT2D eigenvalue weighted by Gasteiger charge is 2.41. The molecule has 8 heteroatoms. The lowest BCUT2D eigenvalue weighted by Gasteiger charge is -2.29. The molecule has 0 radical (unpaired) electrons. The Balaban J connectivity index is 0.00000225. The Hall–Kier alpha value is -1.34. The molecular formula is C17H20Cl2N4OS. The van der Waals surface area contributed by atoms with Crippen molar-refractivity contribution >= 4 is 41.7 Å². The standard InChI is InChI=1S/C17H19ClN4OS.ClH/c1-17(10-19,11-6-7-11)20-16(23)13-8-9-15(22-21-13)24-14-5-3-2-4-12(14)18;/h2-5,8-9,11H,6-7,10,19H2,1H3,(H,20,23);1H.